The third kappa shape index (κ3) is 7.15. The number of amides is 2. The third-order valence-electron chi connectivity index (χ3n) is 3.69. The zero-order chi connectivity index (χ0) is 21.2. The minimum atomic E-state index is -0.505. The van der Waals surface area contributed by atoms with Gasteiger partial charge in [-0.3, -0.25) is 25.0 Å². The lowest BCUT2D eigenvalue weighted by Gasteiger charge is -2.09. The van der Waals surface area contributed by atoms with Gasteiger partial charge in [0.15, 0.2) is 5.11 Å². The van der Waals surface area contributed by atoms with Gasteiger partial charge in [0, 0.05) is 36.0 Å². The van der Waals surface area contributed by atoms with Gasteiger partial charge in [0.05, 0.1) is 4.92 Å². The van der Waals surface area contributed by atoms with Gasteiger partial charge >= 0.3 is 0 Å². The van der Waals surface area contributed by atoms with Crippen LogP contribution in [0.1, 0.15) is 29.3 Å². The number of nitrogens with zero attached hydrogens (tertiary/aromatic N) is 1. The van der Waals surface area contributed by atoms with Crippen LogP contribution in [0, 0.1) is 10.1 Å². The third-order valence-corrected chi connectivity index (χ3v) is 3.89. The van der Waals surface area contributed by atoms with Crippen LogP contribution in [0.15, 0.2) is 54.6 Å². The highest BCUT2D eigenvalue weighted by Gasteiger charge is 2.07. The van der Waals surface area contributed by atoms with Crippen molar-refractivity contribution in [2.75, 3.05) is 11.9 Å². The van der Waals surface area contributed by atoms with Crippen molar-refractivity contribution in [3.8, 4) is 0 Å². The molecule has 0 aliphatic carbocycles. The van der Waals surface area contributed by atoms with Crippen molar-refractivity contribution in [2.24, 2.45) is 0 Å². The molecule has 150 valence electrons. The molecule has 9 heteroatoms. The summed E-state index contributed by atoms with van der Waals surface area (Å²) in [5.41, 5.74) is 1.60. The monoisotopic (exact) mass is 412 g/mol. The van der Waals surface area contributed by atoms with Gasteiger partial charge in [-0.1, -0.05) is 19.1 Å². The van der Waals surface area contributed by atoms with Crippen molar-refractivity contribution >= 4 is 46.6 Å². The van der Waals surface area contributed by atoms with Crippen LogP contribution in [0.4, 0.5) is 11.4 Å². The van der Waals surface area contributed by atoms with E-state index >= 15 is 0 Å². The maximum atomic E-state index is 12.0. The summed E-state index contributed by atoms with van der Waals surface area (Å²) in [6.45, 7) is 2.58. The highest BCUT2D eigenvalue weighted by molar-refractivity contribution is 7.80. The molecule has 0 aliphatic heterocycles. The molecular formula is C20H20N4O4S. The highest BCUT2D eigenvalue weighted by Crippen LogP contribution is 2.14. The summed E-state index contributed by atoms with van der Waals surface area (Å²) in [4.78, 5) is 34.1. The number of hydrogen-bond donors (Lipinski definition) is 3. The second-order valence-corrected chi connectivity index (χ2v) is 6.37. The number of hydrogen-bond acceptors (Lipinski definition) is 5. The van der Waals surface area contributed by atoms with E-state index in [0.717, 1.165) is 6.42 Å². The summed E-state index contributed by atoms with van der Waals surface area (Å²) in [7, 11) is 0. The van der Waals surface area contributed by atoms with Gasteiger partial charge in [-0.25, -0.2) is 0 Å². The molecule has 0 aliphatic rings. The first-order valence-electron chi connectivity index (χ1n) is 8.82. The van der Waals surface area contributed by atoms with E-state index in [1.165, 1.54) is 30.4 Å². The van der Waals surface area contributed by atoms with Gasteiger partial charge in [-0.15, -0.1) is 0 Å². The summed E-state index contributed by atoms with van der Waals surface area (Å²) in [6.07, 6.45) is 3.54. The summed E-state index contributed by atoms with van der Waals surface area (Å²) in [5.74, 6) is -0.634. The average molecular weight is 412 g/mol. The molecule has 0 fully saturated rings. The van der Waals surface area contributed by atoms with Crippen molar-refractivity contribution in [3.63, 3.8) is 0 Å². The normalized spacial score (nSPS) is 10.4. The van der Waals surface area contributed by atoms with Crippen molar-refractivity contribution in [3.05, 3.63) is 75.8 Å². The van der Waals surface area contributed by atoms with Gasteiger partial charge in [-0.05, 0) is 54.5 Å². The molecule has 2 aromatic rings. The van der Waals surface area contributed by atoms with E-state index in [4.69, 9.17) is 12.2 Å². The number of benzene rings is 2. The first-order valence-corrected chi connectivity index (χ1v) is 9.22. The number of nitro benzene ring substituents is 1. The first-order chi connectivity index (χ1) is 13.9. The van der Waals surface area contributed by atoms with Gasteiger partial charge in [0.1, 0.15) is 0 Å². The molecule has 0 atom stereocenters. The molecule has 0 saturated heterocycles. The van der Waals surface area contributed by atoms with E-state index in [1.807, 2.05) is 6.92 Å². The predicted octanol–water partition coefficient (Wildman–Crippen LogP) is 3.26. The van der Waals surface area contributed by atoms with E-state index < -0.39 is 10.8 Å². The van der Waals surface area contributed by atoms with Crippen LogP contribution in [0.25, 0.3) is 6.08 Å². The Morgan fingerprint density at radius 2 is 1.90 bits per heavy atom. The number of carbonyl (C=O) groups is 2. The zero-order valence-electron chi connectivity index (χ0n) is 15.7. The van der Waals surface area contributed by atoms with E-state index in [-0.39, 0.29) is 16.7 Å². The number of rotatable bonds is 7. The topological polar surface area (TPSA) is 113 Å². The highest BCUT2D eigenvalue weighted by atomic mass is 32.1. The molecule has 0 bridgehead atoms. The molecule has 0 saturated carbocycles. The summed E-state index contributed by atoms with van der Waals surface area (Å²) >= 11 is 5.09. The summed E-state index contributed by atoms with van der Waals surface area (Å²) < 4.78 is 0. The van der Waals surface area contributed by atoms with Gasteiger partial charge in [-0.2, -0.15) is 0 Å². The molecule has 2 aromatic carbocycles. The number of thiocarbonyl (C=S) groups is 1. The van der Waals surface area contributed by atoms with Crippen molar-refractivity contribution in [1.82, 2.24) is 10.6 Å². The number of anilines is 1. The standard InChI is InChI=1S/C20H20N4O4S/c1-2-12-21-19(26)15-7-9-16(10-8-15)22-20(29)23-18(25)11-6-14-4-3-5-17(13-14)24(27)28/h3-11,13H,2,12H2,1H3,(H,21,26)(H2,22,23,25,29)/b11-6+. The largest absolute Gasteiger partial charge is 0.352 e. The Balaban J connectivity index is 1.88. The Morgan fingerprint density at radius 1 is 1.17 bits per heavy atom. The van der Waals surface area contributed by atoms with Crippen LogP contribution in [0.5, 0.6) is 0 Å². The van der Waals surface area contributed by atoms with E-state index in [2.05, 4.69) is 16.0 Å². The van der Waals surface area contributed by atoms with E-state index in [1.54, 1.807) is 30.3 Å². The molecule has 0 aromatic heterocycles. The second kappa shape index (κ2) is 10.7. The quantitative estimate of drug-likeness (QED) is 0.278. The lowest BCUT2D eigenvalue weighted by atomic mass is 10.2. The van der Waals surface area contributed by atoms with Gasteiger partial charge < -0.3 is 10.6 Å². The Morgan fingerprint density at radius 3 is 2.55 bits per heavy atom. The molecule has 2 rings (SSSR count). The van der Waals surface area contributed by atoms with Crippen LogP contribution in [-0.4, -0.2) is 28.4 Å². The molecule has 0 heterocycles. The maximum Gasteiger partial charge on any atom is 0.270 e. The smallest absolute Gasteiger partial charge is 0.270 e. The Bertz CT molecular complexity index is 942. The first kappa shape index (κ1) is 21.7. The van der Waals surface area contributed by atoms with Crippen LogP contribution in [0.2, 0.25) is 0 Å². The minimum absolute atomic E-state index is 0.0587. The lowest BCUT2D eigenvalue weighted by molar-refractivity contribution is -0.384. The van der Waals surface area contributed by atoms with Gasteiger partial charge in [0.2, 0.25) is 5.91 Å². The second-order valence-electron chi connectivity index (χ2n) is 5.96. The van der Waals surface area contributed by atoms with Crippen molar-refractivity contribution in [1.29, 1.82) is 0 Å². The molecular weight excluding hydrogens is 392 g/mol. The zero-order valence-corrected chi connectivity index (χ0v) is 16.5. The fourth-order valence-corrected chi connectivity index (χ4v) is 2.49. The van der Waals surface area contributed by atoms with E-state index in [0.29, 0.717) is 23.4 Å². The fourth-order valence-electron chi connectivity index (χ4n) is 2.28. The fraction of sp³-hybridized carbons (Fsp3) is 0.150. The van der Waals surface area contributed by atoms with E-state index in [9.17, 15) is 19.7 Å². The SMILES string of the molecule is CCCNC(=O)c1ccc(NC(=S)NC(=O)/C=C/c2cccc([N+](=O)[O-])c2)cc1. The molecule has 0 radical (unpaired) electrons. The van der Waals surface area contributed by atoms with Crippen molar-refractivity contribution in [2.45, 2.75) is 13.3 Å². The Labute approximate surface area is 173 Å². The van der Waals surface area contributed by atoms with Crippen molar-refractivity contribution < 1.29 is 14.5 Å². The van der Waals surface area contributed by atoms with Crippen LogP contribution < -0.4 is 16.0 Å². The summed E-state index contributed by atoms with van der Waals surface area (Å²) in [6, 6.07) is 12.6. The predicted molar refractivity (Wildman–Crippen MR) is 116 cm³/mol. The minimum Gasteiger partial charge on any atom is -0.352 e. The number of nitrogens with one attached hydrogen (secondary N) is 3. The maximum absolute atomic E-state index is 12.0. The Hall–Kier alpha value is -3.59. The van der Waals surface area contributed by atoms with Gasteiger partial charge in [0.25, 0.3) is 11.6 Å². The van der Waals surface area contributed by atoms with Crippen LogP contribution >= 0.6 is 12.2 Å². The molecule has 0 unspecified atom stereocenters. The molecule has 0 spiro atoms. The number of non-ortho nitro benzene ring substituents is 1. The Kier molecular flexibility index (Phi) is 7.99. The average Bonchev–Trinajstić information content (AvgIpc) is 2.71. The molecule has 8 nitrogen and oxygen atoms in total. The van der Waals surface area contributed by atoms with Crippen LogP contribution in [0.3, 0.4) is 0 Å². The molecule has 3 N–H and O–H groups in total. The number of nitro groups is 1. The molecule has 29 heavy (non-hydrogen) atoms. The molecule has 2 amide bonds. The van der Waals surface area contributed by atoms with Crippen LogP contribution in [-0.2, 0) is 4.79 Å². The summed E-state index contributed by atoms with van der Waals surface area (Å²) in [5, 5.41) is 19.0. The number of carbonyl (C=O) groups excluding carboxylic acids is 2. The lowest BCUT2D eigenvalue weighted by Crippen LogP contribution is -2.32.